The van der Waals surface area contributed by atoms with E-state index < -0.39 is 0 Å². The van der Waals surface area contributed by atoms with Crippen molar-refractivity contribution in [2.24, 2.45) is 7.05 Å². The molecule has 1 atom stereocenters. The number of nitrogens with one attached hydrogen (secondary N) is 1. The van der Waals surface area contributed by atoms with E-state index in [1.165, 1.54) is 16.8 Å². The van der Waals surface area contributed by atoms with Gasteiger partial charge in [-0.3, -0.25) is 4.68 Å². The molecule has 1 aromatic carbocycles. The molecule has 0 bridgehead atoms. The van der Waals surface area contributed by atoms with Crippen molar-refractivity contribution in [3.63, 3.8) is 0 Å². The third-order valence-corrected chi connectivity index (χ3v) is 3.84. The van der Waals surface area contributed by atoms with E-state index in [1.54, 1.807) is 0 Å². The number of hydrogen-bond donors (Lipinski definition) is 1. The third-order valence-electron chi connectivity index (χ3n) is 3.62. The van der Waals surface area contributed by atoms with Crippen LogP contribution in [0.2, 0.25) is 5.02 Å². The summed E-state index contributed by atoms with van der Waals surface area (Å²) >= 11 is 6.17. The summed E-state index contributed by atoms with van der Waals surface area (Å²) in [4.78, 5) is 0. The van der Waals surface area contributed by atoms with E-state index in [-0.39, 0.29) is 6.04 Å². The van der Waals surface area contributed by atoms with Gasteiger partial charge in [-0.25, -0.2) is 0 Å². The Morgan fingerprint density at radius 2 is 2.05 bits per heavy atom. The Balaban J connectivity index is 2.25. The number of halogens is 1. The summed E-state index contributed by atoms with van der Waals surface area (Å²) < 4.78 is 1.97. The second kappa shape index (κ2) is 6.42. The summed E-state index contributed by atoms with van der Waals surface area (Å²) in [6, 6.07) is 8.63. The van der Waals surface area contributed by atoms with E-state index in [1.807, 2.05) is 30.9 Å². The van der Waals surface area contributed by atoms with E-state index in [0.29, 0.717) is 0 Å². The quantitative estimate of drug-likeness (QED) is 0.914. The number of likely N-dealkylation sites (N-methyl/N-ethyl adjacent to an activating group) is 1. The molecule has 0 spiro atoms. The minimum atomic E-state index is 0.243. The molecule has 1 aromatic heterocycles. The van der Waals surface area contributed by atoms with Crippen LogP contribution >= 0.6 is 11.6 Å². The van der Waals surface area contributed by atoms with Crippen LogP contribution in [0.25, 0.3) is 0 Å². The fourth-order valence-corrected chi connectivity index (χ4v) is 2.79. The molecule has 0 aliphatic rings. The molecule has 0 saturated carbocycles. The molecule has 3 nitrogen and oxygen atoms in total. The van der Waals surface area contributed by atoms with Gasteiger partial charge in [0.25, 0.3) is 0 Å². The first-order chi connectivity index (χ1) is 9.53. The van der Waals surface area contributed by atoms with Crippen LogP contribution in [-0.2, 0) is 19.9 Å². The van der Waals surface area contributed by atoms with Gasteiger partial charge in [0.1, 0.15) is 0 Å². The average Bonchev–Trinajstić information content (AvgIpc) is 2.75. The van der Waals surface area contributed by atoms with Crippen LogP contribution in [-0.4, -0.2) is 16.8 Å². The predicted octanol–water partition coefficient (Wildman–Crippen LogP) is 3.45. The van der Waals surface area contributed by atoms with Crippen LogP contribution in [0.4, 0.5) is 0 Å². The highest BCUT2D eigenvalue weighted by molar-refractivity contribution is 6.30. The van der Waals surface area contributed by atoms with Gasteiger partial charge in [0.15, 0.2) is 0 Å². The van der Waals surface area contributed by atoms with E-state index in [4.69, 9.17) is 11.6 Å². The van der Waals surface area contributed by atoms with E-state index >= 15 is 0 Å². The first-order valence-corrected chi connectivity index (χ1v) is 7.37. The molecule has 0 radical (unpaired) electrons. The monoisotopic (exact) mass is 291 g/mol. The Morgan fingerprint density at radius 1 is 1.30 bits per heavy atom. The minimum Gasteiger partial charge on any atom is -0.313 e. The first-order valence-electron chi connectivity index (χ1n) is 6.99. The fourth-order valence-electron chi connectivity index (χ4n) is 2.50. The maximum atomic E-state index is 6.17. The van der Waals surface area contributed by atoms with Crippen molar-refractivity contribution in [2.75, 3.05) is 7.05 Å². The predicted molar refractivity (Wildman–Crippen MR) is 84.3 cm³/mol. The summed E-state index contributed by atoms with van der Waals surface area (Å²) in [5.74, 6) is 0. The largest absolute Gasteiger partial charge is 0.313 e. The highest BCUT2D eigenvalue weighted by Gasteiger charge is 2.14. The molecule has 20 heavy (non-hydrogen) atoms. The lowest BCUT2D eigenvalue weighted by Crippen LogP contribution is -2.20. The van der Waals surface area contributed by atoms with Crippen LogP contribution in [0.3, 0.4) is 0 Å². The number of aromatic nitrogens is 2. The second-order valence-corrected chi connectivity index (χ2v) is 5.65. The molecule has 108 valence electrons. The standard InChI is InChI=1S/C16H22ClN3/c1-5-14-9-15(20(4)19-14)10-16(18-3)12-6-11(2)7-13(17)8-12/h6-9,16,18H,5,10H2,1-4H3. The van der Waals surface area contributed by atoms with Crippen molar-refractivity contribution in [3.05, 3.63) is 51.8 Å². The topological polar surface area (TPSA) is 29.9 Å². The summed E-state index contributed by atoms with van der Waals surface area (Å²) in [5.41, 5.74) is 4.78. The van der Waals surface area contributed by atoms with Crippen LogP contribution in [0.15, 0.2) is 24.3 Å². The highest BCUT2D eigenvalue weighted by atomic mass is 35.5. The molecule has 1 heterocycles. The molecule has 1 N–H and O–H groups in total. The molecule has 2 rings (SSSR count). The summed E-state index contributed by atoms with van der Waals surface area (Å²) in [6.07, 6.45) is 1.87. The SMILES string of the molecule is CCc1cc(CC(NC)c2cc(C)cc(Cl)c2)n(C)n1. The Morgan fingerprint density at radius 3 is 2.60 bits per heavy atom. The number of aryl methyl sites for hydroxylation is 3. The Kier molecular flexibility index (Phi) is 4.84. The van der Waals surface area contributed by atoms with Crippen molar-refractivity contribution >= 4 is 11.6 Å². The zero-order valence-electron chi connectivity index (χ0n) is 12.6. The van der Waals surface area contributed by atoms with Crippen LogP contribution in [0.5, 0.6) is 0 Å². The maximum absolute atomic E-state index is 6.17. The van der Waals surface area contributed by atoms with Gasteiger partial charge in [-0.1, -0.05) is 24.6 Å². The zero-order valence-corrected chi connectivity index (χ0v) is 13.3. The molecule has 2 aromatic rings. The lowest BCUT2D eigenvalue weighted by Gasteiger charge is -2.17. The second-order valence-electron chi connectivity index (χ2n) is 5.21. The molecular formula is C16H22ClN3. The number of nitrogens with zero attached hydrogens (tertiary/aromatic N) is 2. The van der Waals surface area contributed by atoms with Gasteiger partial charge >= 0.3 is 0 Å². The molecule has 0 fully saturated rings. The van der Waals surface area contributed by atoms with Gasteiger partial charge in [-0.15, -0.1) is 0 Å². The van der Waals surface area contributed by atoms with Crippen molar-refractivity contribution in [1.82, 2.24) is 15.1 Å². The van der Waals surface area contributed by atoms with E-state index in [2.05, 4.69) is 36.4 Å². The van der Waals surface area contributed by atoms with Crippen LogP contribution < -0.4 is 5.32 Å². The van der Waals surface area contributed by atoms with Gasteiger partial charge in [0, 0.05) is 30.2 Å². The molecule has 0 amide bonds. The Hall–Kier alpha value is -1.32. The Bertz CT molecular complexity index is 569. The van der Waals surface area contributed by atoms with Crippen molar-refractivity contribution in [1.29, 1.82) is 0 Å². The van der Waals surface area contributed by atoms with Gasteiger partial charge in [-0.05, 0) is 49.7 Å². The minimum absolute atomic E-state index is 0.243. The van der Waals surface area contributed by atoms with E-state index in [9.17, 15) is 0 Å². The number of benzene rings is 1. The average molecular weight is 292 g/mol. The number of hydrogen-bond acceptors (Lipinski definition) is 2. The van der Waals surface area contributed by atoms with Crippen LogP contribution in [0, 0.1) is 6.92 Å². The first kappa shape index (κ1) is 15.1. The third kappa shape index (κ3) is 3.41. The van der Waals surface area contributed by atoms with Crippen LogP contribution in [0.1, 0.15) is 35.5 Å². The van der Waals surface area contributed by atoms with Crippen molar-refractivity contribution in [2.45, 2.75) is 32.7 Å². The van der Waals surface area contributed by atoms with Gasteiger partial charge in [-0.2, -0.15) is 5.10 Å². The van der Waals surface area contributed by atoms with Gasteiger partial charge < -0.3 is 5.32 Å². The normalized spacial score (nSPS) is 12.7. The Labute approximate surface area is 126 Å². The molecule has 1 unspecified atom stereocenters. The van der Waals surface area contributed by atoms with Crippen molar-refractivity contribution < 1.29 is 0 Å². The smallest absolute Gasteiger partial charge is 0.0624 e. The molecule has 0 aliphatic heterocycles. The summed E-state index contributed by atoms with van der Waals surface area (Å²) in [7, 11) is 3.99. The van der Waals surface area contributed by atoms with Crippen molar-refractivity contribution in [3.8, 4) is 0 Å². The molecule has 4 heteroatoms. The molecular weight excluding hydrogens is 270 g/mol. The van der Waals surface area contributed by atoms with E-state index in [0.717, 1.165) is 23.6 Å². The maximum Gasteiger partial charge on any atom is 0.0624 e. The fraction of sp³-hybridized carbons (Fsp3) is 0.438. The lowest BCUT2D eigenvalue weighted by molar-refractivity contribution is 0.561. The lowest BCUT2D eigenvalue weighted by atomic mass is 10.00. The molecule has 0 aliphatic carbocycles. The summed E-state index contributed by atoms with van der Waals surface area (Å²) in [5, 5.41) is 8.68. The van der Waals surface area contributed by atoms with Gasteiger partial charge in [0.2, 0.25) is 0 Å². The zero-order chi connectivity index (χ0) is 14.7. The van der Waals surface area contributed by atoms with Gasteiger partial charge in [0.05, 0.1) is 5.69 Å². The highest BCUT2D eigenvalue weighted by Crippen LogP contribution is 2.23. The number of rotatable bonds is 5. The summed E-state index contributed by atoms with van der Waals surface area (Å²) in [6.45, 7) is 4.20. The molecule has 0 saturated heterocycles.